The number of alkyl halides is 3. The number of aliphatic carboxylic acids is 1. The van der Waals surface area contributed by atoms with Crippen molar-refractivity contribution < 1.29 is 42.4 Å². The Labute approximate surface area is 162 Å². The van der Waals surface area contributed by atoms with Crippen LogP contribution in [-0.4, -0.2) is 51.7 Å². The highest BCUT2D eigenvalue weighted by Crippen LogP contribution is 2.15. The molecule has 0 saturated heterocycles. The van der Waals surface area contributed by atoms with E-state index >= 15 is 0 Å². The molecule has 0 aliphatic carbocycles. The molecule has 0 unspecified atom stereocenters. The SMILES string of the molecule is COC(=O)C(F)(F)F.O=C(O)CC[n+]1ccc(-c2ccc(=O)n(CCO)c2)cn1. The van der Waals surface area contributed by atoms with Gasteiger partial charge in [-0.3, -0.25) is 9.59 Å². The zero-order valence-corrected chi connectivity index (χ0v) is 15.3. The number of hydrogen-bond donors (Lipinski definition) is 2. The molecule has 158 valence electrons. The number of halogens is 3. The van der Waals surface area contributed by atoms with Crippen LogP contribution in [0.3, 0.4) is 0 Å². The van der Waals surface area contributed by atoms with Crippen LogP contribution in [0.25, 0.3) is 11.1 Å². The van der Waals surface area contributed by atoms with Gasteiger partial charge in [-0.15, -0.1) is 0 Å². The lowest BCUT2D eigenvalue weighted by Crippen LogP contribution is -2.38. The van der Waals surface area contributed by atoms with E-state index in [2.05, 4.69) is 9.84 Å². The maximum Gasteiger partial charge on any atom is 0.490 e. The minimum atomic E-state index is -4.85. The van der Waals surface area contributed by atoms with E-state index in [0.717, 1.165) is 11.1 Å². The fraction of sp³-hybridized carbons (Fsp3) is 0.353. The number of esters is 1. The minimum Gasteiger partial charge on any atom is -0.481 e. The van der Waals surface area contributed by atoms with Crippen molar-refractivity contribution in [3.8, 4) is 11.1 Å². The smallest absolute Gasteiger partial charge is 0.481 e. The van der Waals surface area contributed by atoms with Gasteiger partial charge in [0.1, 0.15) is 12.6 Å². The van der Waals surface area contributed by atoms with E-state index in [-0.39, 0.29) is 25.1 Å². The number of hydrogen-bond acceptors (Lipinski definition) is 6. The highest BCUT2D eigenvalue weighted by Gasteiger charge is 2.40. The standard InChI is InChI=1S/C14H15N3O4.C3H3F3O2/c18-8-7-16-10-12(1-2-13(16)19)11-3-5-17(15-9-11)6-4-14(20)21;1-8-2(7)3(4,5)6/h1-3,5,9-10,18H,4,6-8H2;1H3/p+1. The van der Waals surface area contributed by atoms with Gasteiger partial charge in [0.25, 0.3) is 5.56 Å². The van der Waals surface area contributed by atoms with Gasteiger partial charge in [0.15, 0.2) is 12.7 Å². The molecule has 0 amide bonds. The lowest BCUT2D eigenvalue weighted by atomic mass is 10.1. The van der Waals surface area contributed by atoms with Crippen molar-refractivity contribution >= 4 is 11.9 Å². The number of carbonyl (C=O) groups excluding carboxylic acids is 1. The maximum absolute atomic E-state index is 11.6. The monoisotopic (exact) mass is 418 g/mol. The zero-order chi connectivity index (χ0) is 22.0. The quantitative estimate of drug-likeness (QED) is 0.514. The van der Waals surface area contributed by atoms with Crippen molar-refractivity contribution in [1.29, 1.82) is 0 Å². The van der Waals surface area contributed by atoms with Gasteiger partial charge in [-0.1, -0.05) is 4.68 Å². The molecular weight excluding hydrogens is 399 g/mol. The van der Waals surface area contributed by atoms with Gasteiger partial charge in [0, 0.05) is 36.0 Å². The molecule has 0 radical (unpaired) electrons. The summed E-state index contributed by atoms with van der Waals surface area (Å²) < 4.78 is 39.2. The number of carboxylic acids is 1. The molecule has 0 saturated carbocycles. The molecule has 0 bridgehead atoms. The first-order chi connectivity index (χ1) is 13.6. The number of carboxylic acid groups (broad SMARTS) is 1. The number of pyridine rings is 1. The van der Waals surface area contributed by atoms with Crippen LogP contribution in [0, 0.1) is 0 Å². The second-order valence-corrected chi connectivity index (χ2v) is 5.48. The first-order valence-corrected chi connectivity index (χ1v) is 8.13. The number of carbonyl (C=O) groups is 2. The third-order valence-electron chi connectivity index (χ3n) is 3.40. The molecule has 0 atom stereocenters. The molecule has 9 nitrogen and oxygen atoms in total. The van der Waals surface area contributed by atoms with E-state index in [9.17, 15) is 27.6 Å². The second-order valence-electron chi connectivity index (χ2n) is 5.48. The highest BCUT2D eigenvalue weighted by molar-refractivity contribution is 5.75. The van der Waals surface area contributed by atoms with E-state index in [1.54, 1.807) is 35.4 Å². The van der Waals surface area contributed by atoms with E-state index < -0.39 is 18.1 Å². The number of aliphatic hydroxyl groups is 1. The molecule has 29 heavy (non-hydrogen) atoms. The van der Waals surface area contributed by atoms with Gasteiger partial charge in [-0.25, -0.2) is 4.79 Å². The Bertz CT molecular complexity index is 881. The van der Waals surface area contributed by atoms with Gasteiger partial charge in [-0.05, 0) is 11.2 Å². The Morgan fingerprint density at radius 3 is 2.38 bits per heavy atom. The summed E-state index contributed by atoms with van der Waals surface area (Å²) >= 11 is 0. The van der Waals surface area contributed by atoms with Gasteiger partial charge in [0.05, 0.1) is 13.7 Å². The Morgan fingerprint density at radius 2 is 1.93 bits per heavy atom. The molecule has 12 heteroatoms. The molecule has 0 aromatic carbocycles. The van der Waals surface area contributed by atoms with Crippen molar-refractivity contribution in [1.82, 2.24) is 9.67 Å². The third kappa shape index (κ3) is 8.09. The number of methoxy groups -OCH3 is 1. The first kappa shape index (κ1) is 23.8. The number of nitrogens with zero attached hydrogens (tertiary/aromatic N) is 3. The van der Waals surface area contributed by atoms with Gasteiger partial charge in [0.2, 0.25) is 0 Å². The van der Waals surface area contributed by atoms with Crippen LogP contribution in [0.15, 0.2) is 41.6 Å². The average Bonchev–Trinajstić information content (AvgIpc) is 2.68. The molecule has 2 aromatic rings. The van der Waals surface area contributed by atoms with Crippen molar-refractivity contribution in [3.63, 3.8) is 0 Å². The number of ether oxygens (including phenoxy) is 1. The summed E-state index contributed by atoms with van der Waals surface area (Å²) in [5, 5.41) is 21.7. The molecule has 0 aliphatic heterocycles. The van der Waals surface area contributed by atoms with Crippen LogP contribution in [0.4, 0.5) is 13.2 Å². The zero-order valence-electron chi connectivity index (χ0n) is 15.3. The highest BCUT2D eigenvalue weighted by atomic mass is 19.4. The summed E-state index contributed by atoms with van der Waals surface area (Å²) in [5.41, 5.74) is 1.45. The largest absolute Gasteiger partial charge is 0.490 e. The van der Waals surface area contributed by atoms with Crippen LogP contribution in [0.5, 0.6) is 0 Å². The second kappa shape index (κ2) is 10.9. The molecule has 0 spiro atoms. The van der Waals surface area contributed by atoms with Crippen LogP contribution < -0.4 is 10.2 Å². The van der Waals surface area contributed by atoms with Crippen molar-refractivity contribution in [2.45, 2.75) is 25.7 Å². The van der Waals surface area contributed by atoms with Crippen LogP contribution in [0.1, 0.15) is 6.42 Å². The first-order valence-electron chi connectivity index (χ1n) is 8.13. The van der Waals surface area contributed by atoms with Gasteiger partial charge in [-0.2, -0.15) is 13.2 Å². The predicted octanol–water partition coefficient (Wildman–Crippen LogP) is 0.386. The summed E-state index contributed by atoms with van der Waals surface area (Å²) in [6.07, 6.45) is 0.134. The molecular formula is C17H19F3N3O6+. The average molecular weight is 418 g/mol. The topological polar surface area (TPSA) is 123 Å². The minimum absolute atomic E-state index is 0.0123. The summed E-state index contributed by atoms with van der Waals surface area (Å²) in [6.45, 7) is 0.441. The Kier molecular flexibility index (Phi) is 8.93. The number of aliphatic hydroxyl groups excluding tert-OH is 1. The molecule has 0 aliphatic rings. The Hall–Kier alpha value is -3.28. The number of aryl methyl sites for hydroxylation is 1. The van der Waals surface area contributed by atoms with Crippen molar-refractivity contribution in [2.75, 3.05) is 13.7 Å². The Morgan fingerprint density at radius 1 is 1.24 bits per heavy atom. The lowest BCUT2D eigenvalue weighted by Gasteiger charge is -2.06. The summed E-state index contributed by atoms with van der Waals surface area (Å²) in [6, 6.07) is 4.93. The summed E-state index contributed by atoms with van der Waals surface area (Å²) in [4.78, 5) is 31.6. The van der Waals surface area contributed by atoms with Crippen LogP contribution >= 0.6 is 0 Å². The molecule has 2 rings (SSSR count). The van der Waals surface area contributed by atoms with Crippen LogP contribution in [0.2, 0.25) is 0 Å². The number of aromatic nitrogens is 3. The molecule has 2 N–H and O–H groups in total. The lowest BCUT2D eigenvalue weighted by molar-refractivity contribution is -0.752. The van der Waals surface area contributed by atoms with E-state index in [1.165, 1.54) is 10.6 Å². The molecule has 2 aromatic heterocycles. The fourth-order valence-corrected chi connectivity index (χ4v) is 2.00. The van der Waals surface area contributed by atoms with E-state index in [4.69, 9.17) is 10.2 Å². The third-order valence-corrected chi connectivity index (χ3v) is 3.40. The normalized spacial score (nSPS) is 10.7. The number of rotatable bonds is 6. The van der Waals surface area contributed by atoms with Crippen molar-refractivity contribution in [3.05, 3.63) is 47.1 Å². The van der Waals surface area contributed by atoms with Gasteiger partial charge < -0.3 is 19.5 Å². The maximum atomic E-state index is 11.6. The van der Waals surface area contributed by atoms with E-state index in [1.807, 2.05) is 0 Å². The van der Waals surface area contributed by atoms with Crippen LogP contribution in [-0.2, 0) is 27.4 Å². The Balaban J connectivity index is 0.000000447. The predicted molar refractivity (Wildman–Crippen MR) is 91.5 cm³/mol. The van der Waals surface area contributed by atoms with E-state index in [0.29, 0.717) is 13.7 Å². The van der Waals surface area contributed by atoms with Gasteiger partial charge >= 0.3 is 18.1 Å². The fourth-order valence-electron chi connectivity index (χ4n) is 2.00. The summed E-state index contributed by atoms with van der Waals surface area (Å²) in [5.74, 6) is -3.04. The van der Waals surface area contributed by atoms with Crippen molar-refractivity contribution in [2.24, 2.45) is 0 Å². The molecule has 0 fully saturated rings. The molecule has 2 heterocycles. The summed E-state index contributed by atoms with van der Waals surface area (Å²) in [7, 11) is 0.676.